The Morgan fingerprint density at radius 2 is 1.87 bits per heavy atom. The summed E-state index contributed by atoms with van der Waals surface area (Å²) < 4.78 is 0. The minimum atomic E-state index is -0.294. The number of imidazole rings is 1. The van der Waals surface area contributed by atoms with Gasteiger partial charge < -0.3 is 15.2 Å². The molecule has 6 nitrogen and oxygen atoms in total. The lowest BCUT2D eigenvalue weighted by atomic mass is 10.1. The van der Waals surface area contributed by atoms with Gasteiger partial charge in [-0.2, -0.15) is 0 Å². The molecule has 8 heteroatoms. The number of hydrogen-bond donors (Lipinski definition) is 2. The van der Waals surface area contributed by atoms with Crippen LogP contribution in [0.1, 0.15) is 53.2 Å². The van der Waals surface area contributed by atoms with Crippen molar-refractivity contribution in [2.75, 3.05) is 0 Å². The Balaban J connectivity index is 1.45. The molecule has 156 valence electrons. The molecule has 2 heterocycles. The molecule has 2 unspecified atom stereocenters. The van der Waals surface area contributed by atoms with E-state index in [2.05, 4.69) is 15.3 Å². The van der Waals surface area contributed by atoms with Gasteiger partial charge in [0.15, 0.2) is 0 Å². The number of carbonyl (C=O) groups excluding carboxylic acids is 2. The fourth-order valence-electron chi connectivity index (χ4n) is 3.95. The Morgan fingerprint density at radius 1 is 1.13 bits per heavy atom. The maximum atomic E-state index is 12.9. The third-order valence-corrected chi connectivity index (χ3v) is 6.11. The van der Waals surface area contributed by atoms with Gasteiger partial charge in [0.2, 0.25) is 0 Å². The first-order valence-corrected chi connectivity index (χ1v) is 10.6. The van der Waals surface area contributed by atoms with E-state index < -0.39 is 0 Å². The molecule has 0 spiro atoms. The van der Waals surface area contributed by atoms with Gasteiger partial charge >= 0.3 is 0 Å². The van der Waals surface area contributed by atoms with E-state index >= 15 is 0 Å². The summed E-state index contributed by atoms with van der Waals surface area (Å²) >= 11 is 12.4. The van der Waals surface area contributed by atoms with Crippen LogP contribution in [0.4, 0.5) is 0 Å². The zero-order chi connectivity index (χ0) is 21.4. The maximum absolute atomic E-state index is 12.9. The van der Waals surface area contributed by atoms with Crippen LogP contribution in [0.3, 0.4) is 0 Å². The number of amides is 2. The highest BCUT2D eigenvalue weighted by Crippen LogP contribution is 2.28. The summed E-state index contributed by atoms with van der Waals surface area (Å²) in [6.07, 6.45) is 1.97. The number of rotatable bonds is 4. The number of fused-ring (bicyclic) bond motifs is 1. The molecular weight excluding hydrogens is 423 g/mol. The summed E-state index contributed by atoms with van der Waals surface area (Å²) in [5.41, 5.74) is 2.39. The lowest BCUT2D eigenvalue weighted by molar-refractivity contribution is 0.0692. The van der Waals surface area contributed by atoms with Crippen molar-refractivity contribution in [1.29, 1.82) is 0 Å². The van der Waals surface area contributed by atoms with Crippen molar-refractivity contribution in [3.05, 3.63) is 63.4 Å². The number of hydrogen-bond acceptors (Lipinski definition) is 3. The number of carbonyl (C=O) groups is 2. The van der Waals surface area contributed by atoms with Gasteiger partial charge in [-0.15, -0.1) is 0 Å². The lowest BCUT2D eigenvalue weighted by Gasteiger charge is -2.26. The second kappa shape index (κ2) is 8.28. The smallest absolute Gasteiger partial charge is 0.255 e. The Hall–Kier alpha value is -2.57. The van der Waals surface area contributed by atoms with Crippen LogP contribution in [-0.4, -0.2) is 38.8 Å². The Bertz CT molecular complexity index is 1120. The molecule has 3 aromatic rings. The van der Waals surface area contributed by atoms with Crippen LogP contribution in [0.5, 0.6) is 0 Å². The molecule has 0 radical (unpaired) electrons. The molecule has 1 aliphatic heterocycles. The normalized spacial score (nSPS) is 18.7. The lowest BCUT2D eigenvalue weighted by Crippen LogP contribution is -2.38. The van der Waals surface area contributed by atoms with E-state index in [9.17, 15) is 9.59 Å². The van der Waals surface area contributed by atoms with Gasteiger partial charge in [-0.25, -0.2) is 4.98 Å². The standard InChI is InChI=1S/C22H22Cl2N4O2/c1-12-3-4-13(2)28(12)22(30)16-7-5-14(9-17(16)24)21(29)25-11-20-26-18-8-6-15(23)10-19(18)27-20/h5-10,12-13H,3-4,11H2,1-2H3,(H,25,29)(H,26,27). The third-order valence-electron chi connectivity index (χ3n) is 5.56. The van der Waals surface area contributed by atoms with Crippen molar-refractivity contribution in [3.8, 4) is 0 Å². The Kier molecular flexibility index (Phi) is 5.71. The van der Waals surface area contributed by atoms with Gasteiger partial charge in [0.25, 0.3) is 11.8 Å². The molecule has 0 saturated carbocycles. The molecule has 1 aromatic heterocycles. The Labute approximate surface area is 184 Å². The summed E-state index contributed by atoms with van der Waals surface area (Å²) in [5, 5.41) is 3.71. The summed E-state index contributed by atoms with van der Waals surface area (Å²) in [4.78, 5) is 34.9. The molecule has 0 aliphatic carbocycles. The van der Waals surface area contributed by atoms with Crippen molar-refractivity contribution in [3.63, 3.8) is 0 Å². The summed E-state index contributed by atoms with van der Waals surface area (Å²) in [6.45, 7) is 4.32. The predicted octanol–water partition coefficient (Wildman–Crippen LogP) is 4.81. The van der Waals surface area contributed by atoms with Crippen LogP contribution in [0, 0.1) is 0 Å². The molecule has 2 N–H and O–H groups in total. The van der Waals surface area contributed by atoms with Gasteiger partial charge in [0.05, 0.1) is 28.2 Å². The average molecular weight is 445 g/mol. The van der Waals surface area contributed by atoms with Gasteiger partial charge in [-0.05, 0) is 63.1 Å². The average Bonchev–Trinajstić information content (AvgIpc) is 3.27. The Morgan fingerprint density at radius 3 is 2.57 bits per heavy atom. The molecule has 2 atom stereocenters. The van der Waals surface area contributed by atoms with Crippen LogP contribution in [-0.2, 0) is 6.54 Å². The summed E-state index contributed by atoms with van der Waals surface area (Å²) in [7, 11) is 0. The highest BCUT2D eigenvalue weighted by Gasteiger charge is 2.32. The van der Waals surface area contributed by atoms with E-state index in [-0.39, 0.29) is 35.5 Å². The molecule has 2 aromatic carbocycles. The van der Waals surface area contributed by atoms with Crippen LogP contribution < -0.4 is 5.32 Å². The molecule has 1 saturated heterocycles. The molecule has 30 heavy (non-hydrogen) atoms. The van der Waals surface area contributed by atoms with Gasteiger partial charge in [0.1, 0.15) is 5.82 Å². The van der Waals surface area contributed by atoms with E-state index in [0.717, 1.165) is 23.9 Å². The molecule has 2 amide bonds. The highest BCUT2D eigenvalue weighted by molar-refractivity contribution is 6.34. The monoisotopic (exact) mass is 444 g/mol. The first-order chi connectivity index (χ1) is 14.3. The van der Waals surface area contributed by atoms with E-state index in [1.807, 2.05) is 24.8 Å². The van der Waals surface area contributed by atoms with Crippen LogP contribution in [0.25, 0.3) is 11.0 Å². The first kappa shape index (κ1) is 20.7. The number of benzene rings is 2. The van der Waals surface area contributed by atoms with E-state index in [4.69, 9.17) is 23.2 Å². The van der Waals surface area contributed by atoms with E-state index in [0.29, 0.717) is 22.0 Å². The minimum Gasteiger partial charge on any atom is -0.345 e. The first-order valence-electron chi connectivity index (χ1n) is 9.88. The van der Waals surface area contributed by atoms with Gasteiger partial charge in [0, 0.05) is 22.7 Å². The quantitative estimate of drug-likeness (QED) is 0.605. The number of H-pyrrole nitrogens is 1. The number of halogens is 2. The molecule has 4 rings (SSSR count). The van der Waals surface area contributed by atoms with E-state index in [1.165, 1.54) is 6.07 Å². The topological polar surface area (TPSA) is 78.1 Å². The molecular formula is C22H22Cl2N4O2. The van der Waals surface area contributed by atoms with Crippen LogP contribution in [0.15, 0.2) is 36.4 Å². The largest absolute Gasteiger partial charge is 0.345 e. The van der Waals surface area contributed by atoms with Crippen LogP contribution >= 0.6 is 23.2 Å². The zero-order valence-corrected chi connectivity index (χ0v) is 18.2. The van der Waals surface area contributed by atoms with Crippen molar-refractivity contribution in [2.24, 2.45) is 0 Å². The number of nitrogens with zero attached hydrogens (tertiary/aromatic N) is 2. The fraction of sp³-hybridized carbons (Fsp3) is 0.318. The third kappa shape index (κ3) is 4.02. The number of aromatic nitrogens is 2. The predicted molar refractivity (Wildman–Crippen MR) is 118 cm³/mol. The van der Waals surface area contributed by atoms with Crippen molar-refractivity contribution in [1.82, 2.24) is 20.2 Å². The molecule has 0 bridgehead atoms. The van der Waals surface area contributed by atoms with Crippen molar-refractivity contribution >= 4 is 46.0 Å². The second-order valence-electron chi connectivity index (χ2n) is 7.71. The second-order valence-corrected chi connectivity index (χ2v) is 8.55. The number of likely N-dealkylation sites (tertiary alicyclic amines) is 1. The minimum absolute atomic E-state index is 0.0922. The number of aromatic amines is 1. The van der Waals surface area contributed by atoms with Crippen LogP contribution in [0.2, 0.25) is 10.0 Å². The summed E-state index contributed by atoms with van der Waals surface area (Å²) in [6, 6.07) is 10.5. The maximum Gasteiger partial charge on any atom is 0.255 e. The van der Waals surface area contributed by atoms with E-state index in [1.54, 1.807) is 24.3 Å². The highest BCUT2D eigenvalue weighted by atomic mass is 35.5. The summed E-state index contributed by atoms with van der Waals surface area (Å²) in [5.74, 6) is 0.234. The number of nitrogens with one attached hydrogen (secondary N) is 2. The molecule has 1 aliphatic rings. The SMILES string of the molecule is CC1CCC(C)N1C(=O)c1ccc(C(=O)NCc2nc3ccc(Cl)cc3[nH]2)cc1Cl. The zero-order valence-electron chi connectivity index (χ0n) is 16.7. The van der Waals surface area contributed by atoms with Gasteiger partial charge in [-0.1, -0.05) is 23.2 Å². The van der Waals surface area contributed by atoms with Crippen molar-refractivity contribution in [2.45, 2.75) is 45.3 Å². The van der Waals surface area contributed by atoms with Gasteiger partial charge in [-0.3, -0.25) is 9.59 Å². The molecule has 1 fully saturated rings. The van der Waals surface area contributed by atoms with Crippen molar-refractivity contribution < 1.29 is 9.59 Å². The fourth-order valence-corrected chi connectivity index (χ4v) is 4.38.